The first-order chi connectivity index (χ1) is 18.2. The third-order valence-corrected chi connectivity index (χ3v) is 4.76. The molecule has 0 saturated heterocycles. The molecule has 11 heteroatoms. The van der Waals surface area contributed by atoms with Crippen LogP contribution in [0.25, 0.3) is 0 Å². The smallest absolute Gasteiger partial charge is 0.346 e. The molecule has 0 N–H and O–H groups in total. The molecule has 0 saturated carbocycles. The summed E-state index contributed by atoms with van der Waals surface area (Å²) in [5.41, 5.74) is 0.184. The standard InChI is InChI=1S/C14H9NO5.C13H9NO4/c16-13(10-4-2-1-3-5-10)20-14(17)11-6-8-12(9-7-11)15(18)19;15-13(18-12-7-2-1-3-8-12)10-5-4-6-11(9-10)14(16)17/h1-9H;1-9H. The van der Waals surface area contributed by atoms with Crippen LogP contribution in [0.3, 0.4) is 0 Å². The summed E-state index contributed by atoms with van der Waals surface area (Å²) in [5.74, 6) is -1.85. The Bertz CT molecular complexity index is 1460. The zero-order valence-corrected chi connectivity index (χ0v) is 19.5. The zero-order valence-electron chi connectivity index (χ0n) is 19.5. The van der Waals surface area contributed by atoms with Crippen molar-refractivity contribution in [1.29, 1.82) is 0 Å². The number of rotatable bonds is 6. The SMILES string of the molecule is O=C(OC(=O)c1ccc([N+](=O)[O-])cc1)c1ccccc1.O=C(Oc1ccccc1)c1cccc([N+](=O)[O-])c1. The molecular weight excluding hydrogens is 496 g/mol. The van der Waals surface area contributed by atoms with Gasteiger partial charge in [0.1, 0.15) is 5.75 Å². The minimum atomic E-state index is -0.853. The van der Waals surface area contributed by atoms with Gasteiger partial charge in [0.15, 0.2) is 0 Å². The summed E-state index contributed by atoms with van der Waals surface area (Å²) in [7, 11) is 0. The van der Waals surface area contributed by atoms with Gasteiger partial charge in [0.25, 0.3) is 11.4 Å². The Morgan fingerprint density at radius 3 is 1.58 bits per heavy atom. The van der Waals surface area contributed by atoms with Crippen LogP contribution in [0.1, 0.15) is 31.1 Å². The minimum Gasteiger partial charge on any atom is -0.423 e. The molecule has 4 aromatic carbocycles. The number of ether oxygens (including phenoxy) is 2. The van der Waals surface area contributed by atoms with Crippen molar-refractivity contribution in [3.63, 3.8) is 0 Å². The molecule has 0 aromatic heterocycles. The minimum absolute atomic E-state index is 0.0693. The fourth-order valence-electron chi connectivity index (χ4n) is 2.90. The fourth-order valence-corrected chi connectivity index (χ4v) is 2.90. The molecule has 0 unspecified atom stereocenters. The van der Waals surface area contributed by atoms with Crippen molar-refractivity contribution < 1.29 is 33.7 Å². The highest BCUT2D eigenvalue weighted by atomic mass is 16.6. The van der Waals surface area contributed by atoms with E-state index in [1.165, 1.54) is 60.7 Å². The third-order valence-electron chi connectivity index (χ3n) is 4.76. The van der Waals surface area contributed by atoms with E-state index in [4.69, 9.17) is 4.74 Å². The van der Waals surface area contributed by atoms with Gasteiger partial charge >= 0.3 is 17.9 Å². The zero-order chi connectivity index (χ0) is 27.5. The number of hydrogen-bond donors (Lipinski definition) is 0. The Hall–Kier alpha value is -5.71. The van der Waals surface area contributed by atoms with Crippen LogP contribution in [0.5, 0.6) is 5.75 Å². The first-order valence-corrected chi connectivity index (χ1v) is 10.8. The third kappa shape index (κ3) is 7.65. The van der Waals surface area contributed by atoms with Gasteiger partial charge in [0.05, 0.1) is 26.5 Å². The van der Waals surface area contributed by atoms with Gasteiger partial charge in [-0.25, -0.2) is 14.4 Å². The fraction of sp³-hybridized carbons (Fsp3) is 0. The van der Waals surface area contributed by atoms with Crippen molar-refractivity contribution in [2.75, 3.05) is 0 Å². The van der Waals surface area contributed by atoms with Crippen LogP contribution >= 0.6 is 0 Å². The lowest BCUT2D eigenvalue weighted by molar-refractivity contribution is -0.385. The van der Waals surface area contributed by atoms with Crippen molar-refractivity contribution in [1.82, 2.24) is 0 Å². The largest absolute Gasteiger partial charge is 0.423 e. The molecule has 4 aromatic rings. The molecule has 0 aliphatic heterocycles. The topological polar surface area (TPSA) is 156 Å². The summed E-state index contributed by atoms with van der Waals surface area (Å²) in [6.45, 7) is 0. The first kappa shape index (κ1) is 26.9. The number of esters is 3. The maximum atomic E-state index is 11.7. The van der Waals surface area contributed by atoms with Crippen molar-refractivity contribution in [2.45, 2.75) is 0 Å². The summed E-state index contributed by atoms with van der Waals surface area (Å²) < 4.78 is 9.75. The monoisotopic (exact) mass is 514 g/mol. The molecule has 0 aliphatic carbocycles. The van der Waals surface area contributed by atoms with Gasteiger partial charge in [0.2, 0.25) is 0 Å². The number of nitro benzene ring substituents is 2. The van der Waals surface area contributed by atoms with Crippen LogP contribution < -0.4 is 4.74 Å². The summed E-state index contributed by atoms with van der Waals surface area (Å²) in [6, 6.07) is 26.8. The van der Waals surface area contributed by atoms with Crippen LogP contribution in [0.2, 0.25) is 0 Å². The van der Waals surface area contributed by atoms with Crippen LogP contribution in [0.15, 0.2) is 109 Å². The van der Waals surface area contributed by atoms with Crippen molar-refractivity contribution in [3.05, 3.63) is 146 Å². The second-order valence-corrected chi connectivity index (χ2v) is 7.36. The Kier molecular flexibility index (Phi) is 9.08. The molecule has 11 nitrogen and oxygen atoms in total. The van der Waals surface area contributed by atoms with Crippen molar-refractivity contribution >= 4 is 29.3 Å². The second-order valence-electron chi connectivity index (χ2n) is 7.36. The van der Waals surface area contributed by atoms with Crippen LogP contribution in [0.4, 0.5) is 11.4 Å². The summed E-state index contributed by atoms with van der Waals surface area (Å²) in [5, 5.41) is 21.1. The van der Waals surface area contributed by atoms with Gasteiger partial charge < -0.3 is 9.47 Å². The predicted octanol–water partition coefficient (Wildman–Crippen LogP) is 5.41. The van der Waals surface area contributed by atoms with Crippen molar-refractivity contribution in [2.24, 2.45) is 0 Å². The molecule has 0 spiro atoms. The van der Waals surface area contributed by atoms with Crippen LogP contribution in [-0.2, 0) is 4.74 Å². The van der Waals surface area contributed by atoms with E-state index in [0.29, 0.717) is 5.75 Å². The van der Waals surface area contributed by atoms with E-state index in [0.717, 1.165) is 0 Å². The number of carbonyl (C=O) groups is 3. The normalized spacial score (nSPS) is 9.79. The van der Waals surface area contributed by atoms with Crippen LogP contribution in [0, 0.1) is 20.2 Å². The van der Waals surface area contributed by atoms with Gasteiger partial charge in [-0.2, -0.15) is 0 Å². The summed E-state index contributed by atoms with van der Waals surface area (Å²) >= 11 is 0. The Morgan fingerprint density at radius 1 is 0.526 bits per heavy atom. The molecule has 38 heavy (non-hydrogen) atoms. The second kappa shape index (κ2) is 12.8. The van der Waals surface area contributed by atoms with Crippen LogP contribution in [-0.4, -0.2) is 27.8 Å². The summed E-state index contributed by atoms with van der Waals surface area (Å²) in [6.07, 6.45) is 0. The maximum Gasteiger partial charge on any atom is 0.346 e. The lowest BCUT2D eigenvalue weighted by atomic mass is 10.2. The van der Waals surface area contributed by atoms with Gasteiger partial charge in [0, 0.05) is 24.3 Å². The predicted molar refractivity (Wildman–Crippen MR) is 134 cm³/mol. The van der Waals surface area contributed by atoms with Gasteiger partial charge in [-0.15, -0.1) is 0 Å². The van der Waals surface area contributed by atoms with E-state index in [-0.39, 0.29) is 28.1 Å². The van der Waals surface area contributed by atoms with E-state index >= 15 is 0 Å². The molecule has 0 amide bonds. The number of nitro groups is 2. The molecule has 0 aliphatic rings. The average Bonchev–Trinajstić information content (AvgIpc) is 2.94. The van der Waals surface area contributed by atoms with Gasteiger partial charge in [-0.1, -0.05) is 42.5 Å². The molecule has 4 rings (SSSR count). The van der Waals surface area contributed by atoms with E-state index in [9.17, 15) is 34.6 Å². The Balaban J connectivity index is 0.000000212. The number of non-ortho nitro benzene ring substituents is 2. The van der Waals surface area contributed by atoms with E-state index in [1.54, 1.807) is 48.5 Å². The number of benzene rings is 4. The number of hydrogen-bond acceptors (Lipinski definition) is 9. The molecule has 0 fully saturated rings. The van der Waals surface area contributed by atoms with Gasteiger partial charge in [-0.05, 0) is 42.5 Å². The molecule has 190 valence electrons. The highest BCUT2D eigenvalue weighted by Crippen LogP contribution is 2.16. The van der Waals surface area contributed by atoms with Crippen molar-refractivity contribution in [3.8, 4) is 5.75 Å². The van der Waals surface area contributed by atoms with E-state index in [1.807, 2.05) is 0 Å². The highest BCUT2D eigenvalue weighted by Gasteiger charge is 2.16. The number of carbonyl (C=O) groups excluding carboxylic acids is 3. The first-order valence-electron chi connectivity index (χ1n) is 10.8. The molecular formula is C27H18N2O9. The average molecular weight is 514 g/mol. The molecule has 0 bridgehead atoms. The van der Waals surface area contributed by atoms with E-state index in [2.05, 4.69) is 4.74 Å². The highest BCUT2D eigenvalue weighted by molar-refractivity contribution is 6.02. The maximum absolute atomic E-state index is 11.7. The number of nitrogens with zero attached hydrogens (tertiary/aromatic N) is 2. The lowest BCUT2D eigenvalue weighted by Gasteiger charge is -2.03. The molecule has 0 atom stereocenters. The van der Waals surface area contributed by atoms with E-state index < -0.39 is 27.8 Å². The summed E-state index contributed by atoms with van der Waals surface area (Å²) in [4.78, 5) is 55.0. The molecule has 0 heterocycles. The molecule has 0 radical (unpaired) electrons. The lowest BCUT2D eigenvalue weighted by Crippen LogP contribution is -2.12. The quantitative estimate of drug-likeness (QED) is 0.108. The van der Waals surface area contributed by atoms with Gasteiger partial charge in [-0.3, -0.25) is 20.2 Å². The Morgan fingerprint density at radius 2 is 1.03 bits per heavy atom. The Labute approximate surface area is 215 Å². The number of para-hydroxylation sites is 1.